The fraction of sp³-hybridized carbons (Fsp3) is 0.128. The maximum Gasteiger partial charge on any atom is 0.221 e. The highest BCUT2D eigenvalue weighted by molar-refractivity contribution is 5.68. The molecule has 0 aliphatic carbocycles. The van der Waals surface area contributed by atoms with E-state index in [1.54, 1.807) is 102 Å². The van der Waals surface area contributed by atoms with E-state index in [1.807, 2.05) is 24.3 Å². The van der Waals surface area contributed by atoms with E-state index >= 15 is 0 Å². The number of pyridine rings is 3. The number of nitriles is 2. The number of aliphatic hydroxyl groups excluding tert-OH is 4. The monoisotopic (exact) mass is 907 g/mol. The van der Waals surface area contributed by atoms with Gasteiger partial charge in [-0.3, -0.25) is 15.0 Å². The number of nitrogens with zero attached hydrogens (tertiary/aromatic N) is 15. The van der Waals surface area contributed by atoms with Gasteiger partial charge in [-0.1, -0.05) is 58.7 Å². The summed E-state index contributed by atoms with van der Waals surface area (Å²) in [7, 11) is 0. The first kappa shape index (κ1) is 49.5. The maximum absolute atomic E-state index is 9.22. The third-order valence-corrected chi connectivity index (χ3v) is 8.87. The molecule has 0 bridgehead atoms. The molecule has 21 nitrogen and oxygen atoms in total. The molecule has 0 aliphatic heterocycles. The normalized spacial score (nSPS) is 9.90. The number of hydrogen-bond acceptors (Lipinski definition) is 18. The summed E-state index contributed by atoms with van der Waals surface area (Å²) >= 11 is 0. The smallest absolute Gasteiger partial charge is 0.221 e. The van der Waals surface area contributed by atoms with Crippen LogP contribution < -0.4 is 11.5 Å². The number of hydrogen-bond donors (Lipinski definition) is 6. The van der Waals surface area contributed by atoms with Gasteiger partial charge in [-0.25, -0.2) is 24.6 Å². The zero-order chi connectivity index (χ0) is 48.7. The number of aromatic nitrogens is 10. The topological polar surface area (TPSA) is 350 Å². The lowest BCUT2D eigenvalue weighted by Crippen LogP contribution is -2.04. The van der Waals surface area contributed by atoms with Crippen molar-refractivity contribution in [2.45, 2.75) is 39.5 Å². The highest BCUT2D eigenvalue weighted by Gasteiger charge is 2.12. The van der Waals surface area contributed by atoms with E-state index < -0.39 is 0 Å². The number of aliphatic hydroxyl groups is 4. The van der Waals surface area contributed by atoms with Crippen molar-refractivity contribution >= 4 is 11.9 Å². The molecule has 21 heteroatoms. The summed E-state index contributed by atoms with van der Waals surface area (Å²) in [5, 5.41) is 64.7. The number of benzene rings is 2. The minimum absolute atomic E-state index is 0.0756. The molecule has 68 heavy (non-hydrogen) atoms. The van der Waals surface area contributed by atoms with Gasteiger partial charge in [-0.05, 0) is 78.3 Å². The minimum atomic E-state index is -0.119. The Bertz CT molecular complexity index is 3120. The second kappa shape index (κ2) is 25.7. The second-order valence-corrected chi connectivity index (χ2v) is 13.7. The number of nitrogen functional groups attached to an aromatic ring is 2. The summed E-state index contributed by atoms with van der Waals surface area (Å²) in [6.45, 7) is 0.265. The number of azide groups is 1. The molecule has 0 aliphatic rings. The lowest BCUT2D eigenvalue weighted by atomic mass is 10.1. The second-order valence-electron chi connectivity index (χ2n) is 13.7. The van der Waals surface area contributed by atoms with E-state index in [9.17, 15) is 5.11 Å². The fourth-order valence-electron chi connectivity index (χ4n) is 5.81. The molecule has 8 rings (SSSR count). The molecule has 0 radical (unpaired) electrons. The Labute approximate surface area is 389 Å². The Morgan fingerprint density at radius 1 is 0.574 bits per heavy atom. The third-order valence-electron chi connectivity index (χ3n) is 8.87. The van der Waals surface area contributed by atoms with Crippen molar-refractivity contribution in [1.82, 2.24) is 49.9 Å². The molecule has 6 aromatic heterocycles. The van der Waals surface area contributed by atoms with Crippen molar-refractivity contribution in [3.63, 3.8) is 0 Å². The first-order valence-electron chi connectivity index (χ1n) is 20.1. The quantitative estimate of drug-likeness (QED) is 0.0438. The fourth-order valence-corrected chi connectivity index (χ4v) is 5.81. The molecule has 2 aromatic carbocycles. The summed E-state index contributed by atoms with van der Waals surface area (Å²) in [4.78, 5) is 31.4. The molecule has 8 aromatic rings. The predicted molar refractivity (Wildman–Crippen MR) is 248 cm³/mol. The first-order valence-corrected chi connectivity index (χ1v) is 20.1. The molecule has 0 atom stereocenters. The van der Waals surface area contributed by atoms with Crippen LogP contribution in [0.2, 0.25) is 0 Å². The molecule has 0 fully saturated rings. The zero-order valence-electron chi connectivity index (χ0n) is 36.0. The van der Waals surface area contributed by atoms with E-state index in [0.717, 1.165) is 16.8 Å². The minimum Gasteiger partial charge on any atom is -0.390 e. The van der Waals surface area contributed by atoms with Crippen LogP contribution in [0.4, 0.5) is 11.9 Å². The Morgan fingerprint density at radius 2 is 1.03 bits per heavy atom. The van der Waals surface area contributed by atoms with E-state index in [1.165, 1.54) is 0 Å². The van der Waals surface area contributed by atoms with Crippen LogP contribution in [0.15, 0.2) is 127 Å². The third kappa shape index (κ3) is 15.0. The summed E-state index contributed by atoms with van der Waals surface area (Å²) in [6, 6.07) is 37.6. The highest BCUT2D eigenvalue weighted by atomic mass is 16.3. The van der Waals surface area contributed by atoms with E-state index in [0.29, 0.717) is 74.6 Å². The van der Waals surface area contributed by atoms with Crippen LogP contribution in [0.5, 0.6) is 0 Å². The van der Waals surface area contributed by atoms with Crippen LogP contribution in [-0.4, -0.2) is 70.3 Å². The lowest BCUT2D eigenvalue weighted by Gasteiger charge is -2.05. The van der Waals surface area contributed by atoms with Crippen molar-refractivity contribution < 1.29 is 20.4 Å². The molecule has 6 heterocycles. The number of terminal acetylenes is 1. The van der Waals surface area contributed by atoms with E-state index in [-0.39, 0.29) is 44.9 Å². The summed E-state index contributed by atoms with van der Waals surface area (Å²) in [5.74, 6) is 2.64. The van der Waals surface area contributed by atoms with Gasteiger partial charge in [0, 0.05) is 21.7 Å². The molecule has 338 valence electrons. The largest absolute Gasteiger partial charge is 0.390 e. The van der Waals surface area contributed by atoms with Crippen molar-refractivity contribution in [2.75, 3.05) is 11.5 Å². The van der Waals surface area contributed by atoms with E-state index in [4.69, 9.17) is 49.3 Å². The van der Waals surface area contributed by atoms with Gasteiger partial charge in [-0.15, -0.1) is 11.5 Å². The summed E-state index contributed by atoms with van der Waals surface area (Å²) in [5.41, 5.74) is 28.6. The van der Waals surface area contributed by atoms with Crippen molar-refractivity contribution in [2.24, 2.45) is 5.11 Å². The van der Waals surface area contributed by atoms with Crippen LogP contribution in [-0.2, 0) is 39.5 Å². The van der Waals surface area contributed by atoms with Crippen molar-refractivity contribution in [3.05, 3.63) is 183 Å². The number of nitrogens with two attached hydrogens (primary N) is 2. The molecular weight excluding hydrogens is 867 g/mol. The van der Waals surface area contributed by atoms with Gasteiger partial charge in [0.25, 0.3) is 0 Å². The van der Waals surface area contributed by atoms with Crippen LogP contribution in [0.25, 0.3) is 44.3 Å². The van der Waals surface area contributed by atoms with Crippen LogP contribution in [0, 0.1) is 35.0 Å². The molecule has 0 unspecified atom stereocenters. The Balaban J connectivity index is 0.000000187. The molecule has 0 amide bonds. The average molecular weight is 908 g/mol. The number of anilines is 2. The van der Waals surface area contributed by atoms with Gasteiger partial charge in [0.1, 0.15) is 11.4 Å². The Hall–Kier alpha value is -9.52. The number of rotatable bonds is 11. The molecule has 0 saturated carbocycles. The average Bonchev–Trinajstić information content (AvgIpc) is 3.86. The van der Waals surface area contributed by atoms with Crippen LogP contribution >= 0.6 is 0 Å². The highest BCUT2D eigenvalue weighted by Crippen LogP contribution is 2.24. The van der Waals surface area contributed by atoms with Gasteiger partial charge < -0.3 is 31.9 Å². The van der Waals surface area contributed by atoms with E-state index in [2.05, 4.69) is 73.3 Å². The van der Waals surface area contributed by atoms with Gasteiger partial charge in [-0.2, -0.15) is 10.5 Å². The van der Waals surface area contributed by atoms with Gasteiger partial charge in [0.2, 0.25) is 11.9 Å². The zero-order valence-corrected chi connectivity index (χ0v) is 36.0. The lowest BCUT2D eigenvalue weighted by molar-refractivity contribution is 0.265. The van der Waals surface area contributed by atoms with Crippen LogP contribution in [0.3, 0.4) is 0 Å². The molecular formula is C47H41N17O4. The van der Waals surface area contributed by atoms with Crippen molar-refractivity contribution in [1.29, 1.82) is 10.5 Å². The SMILES string of the molecule is C#Cc1cc(-c2cccc(C#N)c2)nc(N)n1.N#Cc1cccc(-c2cc(-c3cn(Cc4cccc(CO)n4)nn3)nc(N)n2)c1.OCc1cccc(CO)n1.[N-]=[N+]=NCc1cccc(CO)n1. The predicted octanol–water partition coefficient (Wildman–Crippen LogP) is 4.82. The van der Waals surface area contributed by atoms with Gasteiger partial charge >= 0.3 is 0 Å². The molecule has 0 saturated heterocycles. The molecule has 0 spiro atoms. The maximum atomic E-state index is 9.22. The Morgan fingerprint density at radius 3 is 1.54 bits per heavy atom. The first-order chi connectivity index (χ1) is 33.1. The summed E-state index contributed by atoms with van der Waals surface area (Å²) < 4.78 is 1.63. The van der Waals surface area contributed by atoms with Gasteiger partial charge in [0.05, 0.1) is 115 Å². The van der Waals surface area contributed by atoms with Gasteiger partial charge in [0.15, 0.2) is 0 Å². The van der Waals surface area contributed by atoms with Crippen molar-refractivity contribution in [3.8, 4) is 58.4 Å². The summed E-state index contributed by atoms with van der Waals surface area (Å²) in [6.07, 6.45) is 7.01. The van der Waals surface area contributed by atoms with Crippen LogP contribution in [0.1, 0.15) is 51.0 Å². The standard InChI is InChI=1S/C20H16N8O.C13H8N4.C7H8N4O.C7H9NO2/c21-9-13-3-1-4-14(7-13)17-8-18(25-20(22)24-17)19-11-28(27-26-19)10-15-5-2-6-16(12-29)23-15;1-2-11-7-12(17-13(15)16-11)10-5-3-4-9(6-10)8-14;8-11-9-4-6-2-1-3-7(5-12)10-6;9-4-6-2-1-3-7(5-10)8-6/h1-8,11,29H,10,12H2,(H2,22,24,25);1,3-7H,(H2,15,16,17);1-3,12H,4-5H2;1-3,9-10H,4-5H2. The Kier molecular flexibility index (Phi) is 18.7. The molecule has 8 N–H and O–H groups in total.